The average Bonchev–Trinajstić information content (AvgIpc) is 2.88. The summed E-state index contributed by atoms with van der Waals surface area (Å²) >= 11 is 6.98. The van der Waals surface area contributed by atoms with Gasteiger partial charge in [-0.15, -0.1) is 5.10 Å². The highest BCUT2D eigenvalue weighted by Gasteiger charge is 2.13. The molecule has 0 atom stereocenters. The van der Waals surface area contributed by atoms with Gasteiger partial charge in [-0.3, -0.25) is 0 Å². The van der Waals surface area contributed by atoms with E-state index in [1.54, 1.807) is 4.68 Å². The van der Waals surface area contributed by atoms with Gasteiger partial charge in [0.05, 0.1) is 5.69 Å². The fraction of sp³-hybridized carbons (Fsp3) is 0.0714. The van der Waals surface area contributed by atoms with Crippen molar-refractivity contribution in [2.24, 2.45) is 0 Å². The van der Waals surface area contributed by atoms with E-state index in [1.165, 1.54) is 5.56 Å². The first-order valence-electron chi connectivity index (χ1n) is 5.96. The maximum absolute atomic E-state index is 4.13. The third-order valence-electron chi connectivity index (χ3n) is 2.92. The number of aryl methyl sites for hydroxylation is 1. The van der Waals surface area contributed by atoms with Gasteiger partial charge in [0.25, 0.3) is 0 Å². The van der Waals surface area contributed by atoms with Gasteiger partial charge in [-0.2, -0.15) is 4.68 Å². The minimum atomic E-state index is 0.716. The monoisotopic (exact) mass is 392 g/mol. The summed E-state index contributed by atoms with van der Waals surface area (Å²) in [5.74, 6) is 0.716. The normalized spacial score (nSPS) is 10.8. The molecule has 0 spiro atoms. The summed E-state index contributed by atoms with van der Waals surface area (Å²) in [5, 5.41) is 12.0. The number of hydrogen-bond donors (Lipinski definition) is 0. The van der Waals surface area contributed by atoms with Gasteiger partial charge in [-0.25, -0.2) is 0 Å². The highest BCUT2D eigenvalue weighted by Crippen LogP contribution is 2.27. The smallest absolute Gasteiger partial charge is 0.187 e. The molecule has 0 saturated heterocycles. The zero-order valence-electron chi connectivity index (χ0n) is 10.6. The summed E-state index contributed by atoms with van der Waals surface area (Å²) in [6, 6.07) is 14.0. The molecular formula is C14H10Br2N4. The van der Waals surface area contributed by atoms with E-state index in [0.29, 0.717) is 5.82 Å². The van der Waals surface area contributed by atoms with Gasteiger partial charge in [0.2, 0.25) is 0 Å². The Bertz CT molecular complexity index is 750. The van der Waals surface area contributed by atoms with E-state index in [-0.39, 0.29) is 0 Å². The Hall–Kier alpha value is -1.53. The number of tetrazole rings is 1. The molecule has 1 heterocycles. The number of benzene rings is 2. The van der Waals surface area contributed by atoms with Crippen molar-refractivity contribution in [3.63, 3.8) is 0 Å². The molecule has 1 aromatic heterocycles. The molecule has 4 nitrogen and oxygen atoms in total. The molecule has 0 radical (unpaired) electrons. The first-order chi connectivity index (χ1) is 9.65. The van der Waals surface area contributed by atoms with Crippen LogP contribution >= 0.6 is 31.9 Å². The number of rotatable bonds is 2. The van der Waals surface area contributed by atoms with Crippen LogP contribution in [0.4, 0.5) is 0 Å². The topological polar surface area (TPSA) is 43.6 Å². The zero-order chi connectivity index (χ0) is 14.1. The predicted molar refractivity (Wildman–Crippen MR) is 84.7 cm³/mol. The van der Waals surface area contributed by atoms with Crippen LogP contribution in [-0.4, -0.2) is 20.2 Å². The molecule has 20 heavy (non-hydrogen) atoms. The standard InChI is InChI=1S/C14H10Br2N4/c1-9-2-4-10(5-3-9)14-17-18-19-20(14)13-7-6-11(15)8-12(13)16/h2-8H,1H3. The van der Waals surface area contributed by atoms with Gasteiger partial charge >= 0.3 is 0 Å². The highest BCUT2D eigenvalue weighted by atomic mass is 79.9. The predicted octanol–water partition coefficient (Wildman–Crippen LogP) is 4.16. The first kappa shape index (κ1) is 13.5. The molecule has 0 saturated carbocycles. The van der Waals surface area contributed by atoms with Crippen molar-refractivity contribution < 1.29 is 0 Å². The Morgan fingerprint density at radius 1 is 1.00 bits per heavy atom. The zero-order valence-corrected chi connectivity index (χ0v) is 13.8. The van der Waals surface area contributed by atoms with E-state index in [0.717, 1.165) is 20.2 Å². The molecule has 0 aliphatic carbocycles. The van der Waals surface area contributed by atoms with Crippen molar-refractivity contribution >= 4 is 31.9 Å². The van der Waals surface area contributed by atoms with Crippen LogP contribution in [0.2, 0.25) is 0 Å². The SMILES string of the molecule is Cc1ccc(-c2nnnn2-c2ccc(Br)cc2Br)cc1. The van der Waals surface area contributed by atoms with Gasteiger partial charge in [-0.05, 0) is 51.5 Å². The summed E-state index contributed by atoms with van der Waals surface area (Å²) < 4.78 is 3.65. The van der Waals surface area contributed by atoms with Gasteiger partial charge < -0.3 is 0 Å². The minimum Gasteiger partial charge on any atom is -0.192 e. The Morgan fingerprint density at radius 2 is 1.75 bits per heavy atom. The summed E-state index contributed by atoms with van der Waals surface area (Å²) in [6.45, 7) is 2.05. The van der Waals surface area contributed by atoms with Gasteiger partial charge in [0, 0.05) is 14.5 Å². The van der Waals surface area contributed by atoms with Crippen LogP contribution < -0.4 is 0 Å². The van der Waals surface area contributed by atoms with Gasteiger partial charge in [0.1, 0.15) is 0 Å². The van der Waals surface area contributed by atoms with Gasteiger partial charge in [-0.1, -0.05) is 45.8 Å². The minimum absolute atomic E-state index is 0.716. The molecule has 100 valence electrons. The lowest BCUT2D eigenvalue weighted by atomic mass is 10.1. The van der Waals surface area contributed by atoms with Crippen LogP contribution in [0.25, 0.3) is 17.1 Å². The van der Waals surface area contributed by atoms with Crippen molar-refractivity contribution in [2.45, 2.75) is 6.92 Å². The van der Waals surface area contributed by atoms with Crippen LogP contribution in [0.5, 0.6) is 0 Å². The summed E-state index contributed by atoms with van der Waals surface area (Å²) in [5.41, 5.74) is 3.08. The van der Waals surface area contributed by atoms with Crippen LogP contribution in [-0.2, 0) is 0 Å². The average molecular weight is 394 g/mol. The van der Waals surface area contributed by atoms with E-state index in [4.69, 9.17) is 0 Å². The van der Waals surface area contributed by atoms with Crippen LogP contribution in [0.3, 0.4) is 0 Å². The van der Waals surface area contributed by atoms with Crippen molar-refractivity contribution in [3.8, 4) is 17.1 Å². The van der Waals surface area contributed by atoms with Crippen LogP contribution in [0.15, 0.2) is 51.4 Å². The third-order valence-corrected chi connectivity index (χ3v) is 4.05. The molecule has 0 amide bonds. The lowest BCUT2D eigenvalue weighted by Crippen LogP contribution is -2.00. The van der Waals surface area contributed by atoms with Crippen LogP contribution in [0, 0.1) is 6.92 Å². The van der Waals surface area contributed by atoms with E-state index in [2.05, 4.69) is 54.3 Å². The Kier molecular flexibility index (Phi) is 3.67. The Morgan fingerprint density at radius 3 is 2.45 bits per heavy atom. The Balaban J connectivity index is 2.12. The lowest BCUT2D eigenvalue weighted by molar-refractivity contribution is 0.789. The molecule has 3 aromatic rings. The van der Waals surface area contributed by atoms with E-state index < -0.39 is 0 Å². The molecule has 2 aromatic carbocycles. The maximum atomic E-state index is 4.13. The van der Waals surface area contributed by atoms with Crippen molar-refractivity contribution in [2.75, 3.05) is 0 Å². The lowest BCUT2D eigenvalue weighted by Gasteiger charge is -2.07. The second-order valence-corrected chi connectivity index (χ2v) is 6.15. The molecule has 0 aliphatic heterocycles. The molecule has 0 unspecified atom stereocenters. The molecule has 6 heteroatoms. The molecule has 0 fully saturated rings. The maximum Gasteiger partial charge on any atom is 0.187 e. The summed E-state index contributed by atoms with van der Waals surface area (Å²) in [6.07, 6.45) is 0. The second kappa shape index (κ2) is 5.46. The molecule has 0 N–H and O–H groups in total. The fourth-order valence-corrected chi connectivity index (χ4v) is 3.10. The van der Waals surface area contributed by atoms with Crippen molar-refractivity contribution in [3.05, 3.63) is 57.0 Å². The van der Waals surface area contributed by atoms with Gasteiger partial charge in [0.15, 0.2) is 5.82 Å². The second-order valence-electron chi connectivity index (χ2n) is 4.38. The largest absolute Gasteiger partial charge is 0.192 e. The fourth-order valence-electron chi connectivity index (χ4n) is 1.89. The quantitative estimate of drug-likeness (QED) is 0.656. The Labute approximate surface area is 133 Å². The number of nitrogens with zero attached hydrogens (tertiary/aromatic N) is 4. The van der Waals surface area contributed by atoms with Crippen molar-refractivity contribution in [1.82, 2.24) is 20.2 Å². The number of aromatic nitrogens is 4. The number of hydrogen-bond acceptors (Lipinski definition) is 3. The van der Waals surface area contributed by atoms with E-state index in [9.17, 15) is 0 Å². The van der Waals surface area contributed by atoms with Crippen molar-refractivity contribution in [1.29, 1.82) is 0 Å². The molecule has 0 aliphatic rings. The summed E-state index contributed by atoms with van der Waals surface area (Å²) in [7, 11) is 0. The molecule has 3 rings (SSSR count). The highest BCUT2D eigenvalue weighted by molar-refractivity contribution is 9.11. The molecular weight excluding hydrogens is 384 g/mol. The third kappa shape index (κ3) is 2.53. The molecule has 0 bridgehead atoms. The van der Waals surface area contributed by atoms with Crippen LogP contribution in [0.1, 0.15) is 5.56 Å². The van der Waals surface area contributed by atoms with E-state index >= 15 is 0 Å². The van der Waals surface area contributed by atoms with E-state index in [1.807, 2.05) is 42.5 Å². The number of halogens is 2. The summed E-state index contributed by atoms with van der Waals surface area (Å²) in [4.78, 5) is 0. The first-order valence-corrected chi connectivity index (χ1v) is 7.54.